The normalized spacial score (nSPS) is 15.1. The number of pyridine rings is 1. The Morgan fingerprint density at radius 1 is 1.21 bits per heavy atom. The van der Waals surface area contributed by atoms with Gasteiger partial charge in [0.15, 0.2) is 0 Å². The number of anilines is 1. The summed E-state index contributed by atoms with van der Waals surface area (Å²) >= 11 is 0. The van der Waals surface area contributed by atoms with E-state index in [0.29, 0.717) is 38.4 Å². The van der Waals surface area contributed by atoms with Crippen LogP contribution in [0.2, 0.25) is 0 Å². The van der Waals surface area contributed by atoms with Crippen LogP contribution in [-0.2, 0) is 26.3 Å². The van der Waals surface area contributed by atoms with Crippen molar-refractivity contribution in [2.45, 2.75) is 20.4 Å². The van der Waals surface area contributed by atoms with Gasteiger partial charge in [0.1, 0.15) is 17.2 Å². The zero-order chi connectivity index (χ0) is 24.3. The van der Waals surface area contributed by atoms with Gasteiger partial charge >= 0.3 is 10.2 Å². The van der Waals surface area contributed by atoms with Gasteiger partial charge in [0.05, 0.1) is 19.8 Å². The summed E-state index contributed by atoms with van der Waals surface area (Å²) in [7, 11) is -1.96. The number of aryl methyl sites for hydroxylation is 2. The van der Waals surface area contributed by atoms with Gasteiger partial charge in [0, 0.05) is 43.4 Å². The lowest BCUT2D eigenvalue weighted by molar-refractivity contribution is -0.125. The summed E-state index contributed by atoms with van der Waals surface area (Å²) in [5.74, 6) is 0.781. The Kier molecular flexibility index (Phi) is 7.01. The van der Waals surface area contributed by atoms with E-state index in [2.05, 4.69) is 9.71 Å². The standard InChI is InChI=1S/C24H28N4O5S/c1-17-5-4-6-20-18(2)21(33-24(17)20)16-27(3)23(29)10-8-19-7-9-22(25-15-19)26-34(30,31)28-11-13-32-14-12-28/h4-10,15H,11-14,16H2,1-3H3,(H,25,26)/b10-8+. The second-order valence-corrected chi connectivity index (χ2v) is 9.90. The number of rotatable bonds is 7. The molecular formula is C24H28N4O5S. The fourth-order valence-electron chi connectivity index (χ4n) is 3.72. The SMILES string of the molecule is Cc1c(CN(C)C(=O)/C=C/c2ccc(NS(=O)(=O)N3CCOCC3)nc2)oc2c(C)cccc12. The predicted octanol–water partition coefficient (Wildman–Crippen LogP) is 3.11. The van der Waals surface area contributed by atoms with Crippen LogP contribution in [0.4, 0.5) is 5.82 Å². The van der Waals surface area contributed by atoms with Gasteiger partial charge < -0.3 is 14.1 Å². The number of ether oxygens (including phenoxy) is 1. The van der Waals surface area contributed by atoms with Crippen molar-refractivity contribution < 1.29 is 22.4 Å². The maximum atomic E-state index is 12.6. The summed E-state index contributed by atoms with van der Waals surface area (Å²) in [5, 5.41) is 1.06. The van der Waals surface area contributed by atoms with Gasteiger partial charge in [0.25, 0.3) is 0 Å². The van der Waals surface area contributed by atoms with Gasteiger partial charge in [-0.15, -0.1) is 0 Å². The van der Waals surface area contributed by atoms with Crippen LogP contribution >= 0.6 is 0 Å². The van der Waals surface area contributed by atoms with E-state index in [0.717, 1.165) is 27.9 Å². The van der Waals surface area contributed by atoms with Crippen molar-refractivity contribution in [3.05, 3.63) is 65.1 Å². The van der Waals surface area contributed by atoms with Gasteiger partial charge in [0.2, 0.25) is 5.91 Å². The summed E-state index contributed by atoms with van der Waals surface area (Å²) in [6, 6.07) is 9.27. The molecule has 1 N–H and O–H groups in total. The topological polar surface area (TPSA) is 105 Å². The lowest BCUT2D eigenvalue weighted by Gasteiger charge is -2.26. The number of amides is 1. The molecule has 1 aliphatic rings. The highest BCUT2D eigenvalue weighted by Gasteiger charge is 2.24. The number of hydrogen-bond acceptors (Lipinski definition) is 6. The number of furan rings is 1. The third-order valence-electron chi connectivity index (χ3n) is 5.76. The minimum Gasteiger partial charge on any atom is -0.459 e. The first kappa shape index (κ1) is 23.9. The molecule has 0 spiro atoms. The smallest absolute Gasteiger partial charge is 0.302 e. The molecule has 10 heteroatoms. The molecule has 34 heavy (non-hydrogen) atoms. The van der Waals surface area contributed by atoms with Crippen molar-refractivity contribution in [1.29, 1.82) is 0 Å². The minimum atomic E-state index is -3.68. The highest BCUT2D eigenvalue weighted by Crippen LogP contribution is 2.28. The first-order valence-electron chi connectivity index (χ1n) is 11.0. The van der Waals surface area contributed by atoms with Crippen molar-refractivity contribution in [3.63, 3.8) is 0 Å². The van der Waals surface area contributed by atoms with Gasteiger partial charge in [-0.1, -0.05) is 18.2 Å². The van der Waals surface area contributed by atoms with E-state index in [-0.39, 0.29) is 11.7 Å². The number of carbonyl (C=O) groups is 1. The number of carbonyl (C=O) groups excluding carboxylic acids is 1. The molecule has 0 unspecified atom stereocenters. The highest BCUT2D eigenvalue weighted by atomic mass is 32.2. The molecule has 0 atom stereocenters. The molecule has 0 radical (unpaired) electrons. The number of morpholine rings is 1. The maximum absolute atomic E-state index is 12.6. The van der Waals surface area contributed by atoms with Crippen LogP contribution < -0.4 is 4.72 Å². The molecule has 4 rings (SSSR count). The molecule has 0 bridgehead atoms. The Bertz CT molecular complexity index is 1310. The number of para-hydroxylation sites is 1. The van der Waals surface area contributed by atoms with Crippen LogP contribution in [0.5, 0.6) is 0 Å². The monoisotopic (exact) mass is 484 g/mol. The Morgan fingerprint density at radius 2 is 1.97 bits per heavy atom. The second kappa shape index (κ2) is 9.96. The molecule has 9 nitrogen and oxygen atoms in total. The molecule has 1 saturated heterocycles. The number of nitrogens with zero attached hydrogens (tertiary/aromatic N) is 3. The Balaban J connectivity index is 1.37. The van der Waals surface area contributed by atoms with E-state index < -0.39 is 10.2 Å². The van der Waals surface area contributed by atoms with Crippen LogP contribution in [0.15, 0.2) is 47.0 Å². The largest absolute Gasteiger partial charge is 0.459 e. The molecule has 3 aromatic rings. The number of likely N-dealkylation sites (N-methyl/N-ethyl adjacent to an activating group) is 1. The van der Waals surface area contributed by atoms with Crippen molar-refractivity contribution >= 4 is 39.0 Å². The van der Waals surface area contributed by atoms with E-state index in [9.17, 15) is 13.2 Å². The number of benzene rings is 1. The lowest BCUT2D eigenvalue weighted by Crippen LogP contribution is -2.43. The number of fused-ring (bicyclic) bond motifs is 1. The van der Waals surface area contributed by atoms with Crippen LogP contribution in [0.1, 0.15) is 22.5 Å². The van der Waals surface area contributed by atoms with Crippen molar-refractivity contribution in [1.82, 2.24) is 14.2 Å². The molecule has 1 amide bonds. The number of hydrogen-bond donors (Lipinski definition) is 1. The number of nitrogens with one attached hydrogen (secondary N) is 1. The Labute approximate surface area is 199 Å². The maximum Gasteiger partial charge on any atom is 0.302 e. The second-order valence-electron chi connectivity index (χ2n) is 8.22. The first-order chi connectivity index (χ1) is 16.2. The van der Waals surface area contributed by atoms with E-state index in [1.165, 1.54) is 16.6 Å². The van der Waals surface area contributed by atoms with Crippen molar-refractivity contribution in [3.8, 4) is 0 Å². The fourth-order valence-corrected chi connectivity index (χ4v) is 4.86. The summed E-state index contributed by atoms with van der Waals surface area (Å²) < 4.78 is 39.8. The summed E-state index contributed by atoms with van der Waals surface area (Å²) in [6.07, 6.45) is 4.60. The molecule has 1 fully saturated rings. The summed E-state index contributed by atoms with van der Waals surface area (Å²) in [6.45, 7) is 5.70. The fraction of sp³-hybridized carbons (Fsp3) is 0.333. The molecule has 0 saturated carbocycles. The Hall–Kier alpha value is -3.21. The van der Waals surface area contributed by atoms with E-state index in [1.807, 2.05) is 32.0 Å². The molecule has 1 aromatic carbocycles. The zero-order valence-electron chi connectivity index (χ0n) is 19.4. The van der Waals surface area contributed by atoms with E-state index >= 15 is 0 Å². The van der Waals surface area contributed by atoms with Crippen LogP contribution in [-0.4, -0.2) is 61.9 Å². The molecule has 3 heterocycles. The lowest BCUT2D eigenvalue weighted by atomic mass is 10.1. The van der Waals surface area contributed by atoms with Crippen LogP contribution in [0, 0.1) is 13.8 Å². The van der Waals surface area contributed by atoms with Crippen LogP contribution in [0.25, 0.3) is 17.0 Å². The van der Waals surface area contributed by atoms with E-state index in [4.69, 9.17) is 9.15 Å². The third kappa shape index (κ3) is 5.30. The molecule has 0 aliphatic carbocycles. The molecule has 2 aromatic heterocycles. The van der Waals surface area contributed by atoms with Gasteiger partial charge in [-0.25, -0.2) is 4.98 Å². The summed E-state index contributed by atoms with van der Waals surface area (Å²) in [4.78, 5) is 18.3. The quantitative estimate of drug-likeness (QED) is 0.517. The highest BCUT2D eigenvalue weighted by molar-refractivity contribution is 7.90. The number of aromatic nitrogens is 1. The molecular weight excluding hydrogens is 456 g/mol. The molecule has 1 aliphatic heterocycles. The summed E-state index contributed by atoms with van der Waals surface area (Å²) in [5.41, 5.74) is 3.61. The van der Waals surface area contributed by atoms with Crippen molar-refractivity contribution in [2.24, 2.45) is 0 Å². The first-order valence-corrected chi connectivity index (χ1v) is 12.4. The third-order valence-corrected chi connectivity index (χ3v) is 7.28. The van der Waals surface area contributed by atoms with Crippen molar-refractivity contribution in [2.75, 3.05) is 38.1 Å². The predicted molar refractivity (Wildman–Crippen MR) is 130 cm³/mol. The van der Waals surface area contributed by atoms with Gasteiger partial charge in [-0.3, -0.25) is 9.52 Å². The zero-order valence-corrected chi connectivity index (χ0v) is 20.3. The van der Waals surface area contributed by atoms with Gasteiger partial charge in [-0.2, -0.15) is 12.7 Å². The van der Waals surface area contributed by atoms with Crippen LogP contribution in [0.3, 0.4) is 0 Å². The minimum absolute atomic E-state index is 0.186. The average Bonchev–Trinajstić information content (AvgIpc) is 3.15. The Morgan fingerprint density at radius 3 is 2.65 bits per heavy atom. The van der Waals surface area contributed by atoms with Gasteiger partial charge in [-0.05, 0) is 43.2 Å². The van der Waals surface area contributed by atoms with E-state index in [1.54, 1.807) is 30.2 Å². The molecule has 180 valence electrons. The average molecular weight is 485 g/mol.